The van der Waals surface area contributed by atoms with Crippen molar-refractivity contribution in [3.8, 4) is 5.75 Å². The van der Waals surface area contributed by atoms with E-state index in [4.69, 9.17) is 4.74 Å². The number of aliphatic hydroxyl groups is 1. The molecule has 38 heavy (non-hydrogen) atoms. The maximum Gasteiger partial charge on any atom is 0.430 e. The second kappa shape index (κ2) is 10.6. The molecule has 0 spiro atoms. The van der Waals surface area contributed by atoms with Crippen LogP contribution in [-0.2, 0) is 26.4 Å². The Balaban J connectivity index is 1.90. The Hall–Kier alpha value is -3.61. The van der Waals surface area contributed by atoms with Crippen LogP contribution in [0.2, 0.25) is 0 Å². The number of nitrogens with zero attached hydrogens (tertiary/aromatic N) is 1. The minimum absolute atomic E-state index is 0.0579. The third kappa shape index (κ3) is 5.62. The summed E-state index contributed by atoms with van der Waals surface area (Å²) < 4.78 is 84.1. The summed E-state index contributed by atoms with van der Waals surface area (Å²) in [7, 11) is 2.80. The van der Waals surface area contributed by atoms with Crippen molar-refractivity contribution in [3.63, 3.8) is 0 Å². The summed E-state index contributed by atoms with van der Waals surface area (Å²) in [5.74, 6) is -1.63. The van der Waals surface area contributed by atoms with E-state index in [1.165, 1.54) is 14.2 Å². The molecular formula is C25H24F6N2O5. The Bertz CT molecular complexity index is 1160. The molecule has 1 fully saturated rings. The molecule has 7 nitrogen and oxygen atoms in total. The zero-order valence-corrected chi connectivity index (χ0v) is 20.2. The van der Waals surface area contributed by atoms with Gasteiger partial charge >= 0.3 is 12.4 Å². The summed E-state index contributed by atoms with van der Waals surface area (Å²) in [6, 6.07) is 7.68. The summed E-state index contributed by atoms with van der Waals surface area (Å²) in [4.78, 5) is 39.1. The van der Waals surface area contributed by atoms with E-state index in [-0.39, 0.29) is 24.4 Å². The average molecular weight is 546 g/mol. The zero-order valence-electron chi connectivity index (χ0n) is 20.2. The molecule has 1 heterocycles. The molecule has 2 atom stereocenters. The number of ether oxygens (including phenoxy) is 1. The van der Waals surface area contributed by atoms with Gasteiger partial charge in [-0.05, 0) is 23.3 Å². The Morgan fingerprint density at radius 1 is 1.03 bits per heavy atom. The molecule has 3 rings (SSSR count). The van der Waals surface area contributed by atoms with Crippen LogP contribution >= 0.6 is 0 Å². The quantitative estimate of drug-likeness (QED) is 0.495. The predicted molar refractivity (Wildman–Crippen MR) is 121 cm³/mol. The predicted octanol–water partition coefficient (Wildman–Crippen LogP) is 3.45. The Kier molecular flexibility index (Phi) is 8.10. The van der Waals surface area contributed by atoms with Crippen LogP contribution in [0.4, 0.5) is 26.3 Å². The molecule has 2 amide bonds. The lowest BCUT2D eigenvalue weighted by Crippen LogP contribution is -2.53. The van der Waals surface area contributed by atoms with Gasteiger partial charge in [-0.25, -0.2) is 0 Å². The van der Waals surface area contributed by atoms with E-state index >= 15 is 0 Å². The molecule has 2 unspecified atom stereocenters. The van der Waals surface area contributed by atoms with Crippen molar-refractivity contribution < 1.29 is 50.6 Å². The van der Waals surface area contributed by atoms with Gasteiger partial charge in [-0.2, -0.15) is 26.3 Å². The van der Waals surface area contributed by atoms with E-state index in [1.807, 2.05) is 0 Å². The number of halogens is 6. The Morgan fingerprint density at radius 2 is 1.58 bits per heavy atom. The molecule has 13 heteroatoms. The van der Waals surface area contributed by atoms with Gasteiger partial charge in [0.2, 0.25) is 11.8 Å². The summed E-state index contributed by atoms with van der Waals surface area (Å²) in [6.07, 6.45) is -12.6. The molecule has 0 saturated carbocycles. The van der Waals surface area contributed by atoms with Crippen LogP contribution in [0.15, 0.2) is 48.5 Å². The molecule has 2 N–H and O–H groups in total. The van der Waals surface area contributed by atoms with Gasteiger partial charge in [0.05, 0.1) is 13.0 Å². The summed E-state index contributed by atoms with van der Waals surface area (Å²) in [5, 5.41) is 12.1. The van der Waals surface area contributed by atoms with Gasteiger partial charge in [-0.15, -0.1) is 0 Å². The van der Waals surface area contributed by atoms with Crippen LogP contribution in [0.25, 0.3) is 0 Å². The van der Waals surface area contributed by atoms with Crippen molar-refractivity contribution in [2.24, 2.45) is 5.92 Å². The first-order chi connectivity index (χ1) is 17.6. The van der Waals surface area contributed by atoms with E-state index in [1.54, 1.807) is 24.3 Å². The number of alkyl halides is 6. The lowest BCUT2D eigenvalue weighted by molar-refractivity contribution is -0.376. The van der Waals surface area contributed by atoms with Crippen molar-refractivity contribution in [2.75, 3.05) is 20.7 Å². The van der Waals surface area contributed by atoms with Crippen molar-refractivity contribution >= 4 is 17.6 Å². The number of benzene rings is 2. The Morgan fingerprint density at radius 3 is 2.03 bits per heavy atom. The topological polar surface area (TPSA) is 95.9 Å². The smallest absolute Gasteiger partial charge is 0.430 e. The van der Waals surface area contributed by atoms with E-state index in [0.717, 1.165) is 17.0 Å². The number of methoxy groups -OCH3 is 1. The lowest BCUT2D eigenvalue weighted by Gasteiger charge is -2.32. The number of ketones is 1. The molecule has 0 aromatic heterocycles. The first kappa shape index (κ1) is 29.0. The van der Waals surface area contributed by atoms with Gasteiger partial charge in [0.15, 0.2) is 5.78 Å². The monoisotopic (exact) mass is 546 g/mol. The van der Waals surface area contributed by atoms with Crippen molar-refractivity contribution in [1.82, 2.24) is 10.2 Å². The number of hydrogen-bond acceptors (Lipinski definition) is 5. The highest BCUT2D eigenvalue weighted by molar-refractivity contribution is 5.94. The number of hydrogen-bond donors (Lipinski definition) is 2. The van der Waals surface area contributed by atoms with Crippen LogP contribution in [0.3, 0.4) is 0 Å². The summed E-state index contributed by atoms with van der Waals surface area (Å²) >= 11 is 0. The van der Waals surface area contributed by atoms with Crippen LogP contribution in [0.1, 0.15) is 29.2 Å². The number of nitrogens with one attached hydrogen (secondary N) is 1. The summed E-state index contributed by atoms with van der Waals surface area (Å²) in [5.41, 5.74) is -6.11. The van der Waals surface area contributed by atoms with Gasteiger partial charge in [0.1, 0.15) is 11.8 Å². The van der Waals surface area contributed by atoms with Gasteiger partial charge in [0.25, 0.3) is 5.60 Å². The molecule has 1 saturated heterocycles. The third-order valence-electron chi connectivity index (χ3n) is 6.37. The number of carbonyl (C=O) groups excluding carboxylic acids is 3. The SMILES string of the molecule is COc1ccc(C(C(=O)Cc2ccc(C(O)(C(F)(F)F)C(F)(F)F)cc2)N(C)C(=O)C2CNC(=O)C2)cc1. The standard InChI is InChI=1S/C25H24F6N2O5/c1-33(22(36)16-12-20(35)32-13-16)21(15-5-9-18(38-2)10-6-15)19(34)11-14-3-7-17(8-4-14)23(37,24(26,27)28)25(29,30)31/h3-10,16,21,37H,11-13H2,1-2H3,(H,32,35). The highest BCUT2D eigenvalue weighted by atomic mass is 19.4. The third-order valence-corrected chi connectivity index (χ3v) is 6.37. The maximum absolute atomic E-state index is 13.4. The molecule has 0 radical (unpaired) electrons. The minimum Gasteiger partial charge on any atom is -0.497 e. The fourth-order valence-corrected chi connectivity index (χ4v) is 4.26. The van der Waals surface area contributed by atoms with Crippen LogP contribution in [-0.4, -0.2) is 60.7 Å². The second-order valence-corrected chi connectivity index (χ2v) is 8.88. The van der Waals surface area contributed by atoms with Gasteiger partial charge < -0.3 is 20.1 Å². The van der Waals surface area contributed by atoms with Gasteiger partial charge in [-0.3, -0.25) is 14.4 Å². The van der Waals surface area contributed by atoms with Crippen LogP contribution in [0.5, 0.6) is 5.75 Å². The fourth-order valence-electron chi connectivity index (χ4n) is 4.26. The highest BCUT2D eigenvalue weighted by Crippen LogP contribution is 2.50. The van der Waals surface area contributed by atoms with E-state index in [0.29, 0.717) is 23.4 Å². The van der Waals surface area contributed by atoms with Crippen LogP contribution in [0, 0.1) is 5.92 Å². The zero-order chi connectivity index (χ0) is 28.5. The number of likely N-dealkylation sites (N-methyl/N-ethyl adjacent to an activating group) is 1. The minimum atomic E-state index is -6.04. The van der Waals surface area contributed by atoms with Gasteiger partial charge in [-0.1, -0.05) is 36.4 Å². The van der Waals surface area contributed by atoms with Crippen molar-refractivity contribution in [2.45, 2.75) is 36.8 Å². The Labute approximate surface area is 213 Å². The van der Waals surface area contributed by atoms with Gasteiger partial charge in [0, 0.05) is 32.0 Å². The first-order valence-electron chi connectivity index (χ1n) is 11.3. The van der Waals surface area contributed by atoms with E-state index in [2.05, 4.69) is 5.32 Å². The maximum atomic E-state index is 13.4. The molecule has 2 aromatic rings. The molecule has 1 aliphatic heterocycles. The first-order valence-corrected chi connectivity index (χ1v) is 11.3. The molecule has 2 aromatic carbocycles. The normalized spacial score (nSPS) is 17.1. The second-order valence-electron chi connectivity index (χ2n) is 8.88. The van der Waals surface area contributed by atoms with E-state index < -0.39 is 53.6 Å². The molecule has 1 aliphatic rings. The number of carbonyl (C=O) groups is 3. The molecule has 0 bridgehead atoms. The fraction of sp³-hybridized carbons (Fsp3) is 0.400. The highest BCUT2D eigenvalue weighted by Gasteiger charge is 2.71. The molecule has 0 aliphatic carbocycles. The largest absolute Gasteiger partial charge is 0.497 e. The molecule has 206 valence electrons. The number of rotatable bonds is 8. The average Bonchev–Trinajstić information content (AvgIpc) is 3.28. The number of Topliss-reactive ketones (excluding diaryl/α,β-unsaturated/α-hetero) is 1. The molecular weight excluding hydrogens is 522 g/mol. The van der Waals surface area contributed by atoms with E-state index in [9.17, 15) is 45.8 Å². The van der Waals surface area contributed by atoms with Crippen molar-refractivity contribution in [3.05, 3.63) is 65.2 Å². The van der Waals surface area contributed by atoms with Crippen LogP contribution < -0.4 is 10.1 Å². The van der Waals surface area contributed by atoms with Crippen molar-refractivity contribution in [1.29, 1.82) is 0 Å². The lowest BCUT2D eigenvalue weighted by atomic mass is 9.90. The summed E-state index contributed by atoms with van der Waals surface area (Å²) in [6.45, 7) is 0.0916. The number of amides is 2.